The molecule has 0 unspecified atom stereocenters. The lowest BCUT2D eigenvalue weighted by Crippen LogP contribution is -2.62. The number of hydrogen-bond donors (Lipinski definition) is 3. The molecule has 1 heterocycles. The molecule has 0 aromatic heterocycles. The van der Waals surface area contributed by atoms with Gasteiger partial charge in [-0.15, -0.1) is 0 Å². The number of aliphatic carboxylic acids is 1. The molecule has 5 rings (SSSR count). The Morgan fingerprint density at radius 3 is 2.07 bits per heavy atom. The summed E-state index contributed by atoms with van der Waals surface area (Å²) in [6.07, 6.45) is 0.448. The minimum atomic E-state index is -1.30. The molecule has 2 amide bonds. The van der Waals surface area contributed by atoms with Crippen LogP contribution in [0.4, 0.5) is 4.79 Å². The number of piperidine rings is 1. The topological polar surface area (TPSA) is 108 Å². The fourth-order valence-corrected chi connectivity index (χ4v) is 5.95. The van der Waals surface area contributed by atoms with E-state index in [4.69, 9.17) is 4.74 Å². The van der Waals surface area contributed by atoms with E-state index >= 15 is 0 Å². The molecule has 0 spiro atoms. The molecule has 2 aliphatic rings. The molecule has 1 fully saturated rings. The summed E-state index contributed by atoms with van der Waals surface area (Å²) < 4.78 is 5.60. The number of carboxylic acids is 1. The third-order valence-corrected chi connectivity index (χ3v) is 8.70. The first-order valence-electron chi connectivity index (χ1n) is 14.6. The van der Waals surface area contributed by atoms with Crippen LogP contribution in [0.15, 0.2) is 78.9 Å². The number of rotatable bonds is 10. The zero-order chi connectivity index (χ0) is 29.7. The number of carbonyl (C=O) groups excluding carboxylic acids is 2. The number of amides is 2. The normalized spacial score (nSPS) is 16.2. The van der Waals surface area contributed by atoms with Crippen LogP contribution in [0.25, 0.3) is 11.1 Å². The van der Waals surface area contributed by atoms with Gasteiger partial charge in [-0.3, -0.25) is 9.69 Å². The number of nitrogens with one attached hydrogen (secondary N) is 2. The van der Waals surface area contributed by atoms with Gasteiger partial charge in [0.25, 0.3) is 0 Å². The monoisotopic (exact) mass is 569 g/mol. The van der Waals surface area contributed by atoms with Crippen molar-refractivity contribution in [2.24, 2.45) is 5.41 Å². The van der Waals surface area contributed by atoms with Gasteiger partial charge >= 0.3 is 12.1 Å². The second-order valence-corrected chi connectivity index (χ2v) is 12.0. The highest BCUT2D eigenvalue weighted by Crippen LogP contribution is 2.44. The summed E-state index contributed by atoms with van der Waals surface area (Å²) in [5.41, 5.74) is 3.59. The number of alkyl carbamates (subject to hydrolysis) is 1. The van der Waals surface area contributed by atoms with Gasteiger partial charge in [0.05, 0.1) is 0 Å². The number of carboxylic acid groups (broad SMARTS) is 1. The van der Waals surface area contributed by atoms with Gasteiger partial charge in [0.2, 0.25) is 5.91 Å². The Morgan fingerprint density at radius 2 is 1.48 bits per heavy atom. The Morgan fingerprint density at radius 1 is 0.905 bits per heavy atom. The van der Waals surface area contributed by atoms with E-state index in [0.717, 1.165) is 28.8 Å². The third-order valence-electron chi connectivity index (χ3n) is 8.70. The molecule has 0 saturated carbocycles. The summed E-state index contributed by atoms with van der Waals surface area (Å²) in [5, 5.41) is 15.7. The quantitative estimate of drug-likeness (QED) is 0.311. The first kappa shape index (κ1) is 29.3. The molecule has 0 radical (unpaired) electrons. The largest absolute Gasteiger partial charge is 0.480 e. The van der Waals surface area contributed by atoms with Gasteiger partial charge in [-0.05, 0) is 47.1 Å². The van der Waals surface area contributed by atoms with E-state index in [-0.39, 0.29) is 25.0 Å². The standard InChI is InChI=1S/C34H39N3O5/c1-33(2,30(38)36-34(31(39)40)17-20-37(21-18-34)22-24-10-4-3-5-11-24)16-19-35-32(41)42-23-29-27-14-8-6-12-25(27)26-13-7-9-15-28(26)29/h3-15,29H,16-23H2,1-2H3,(H,35,41)(H,36,38)(H,39,40). The Labute approximate surface area is 247 Å². The fraction of sp³-hybridized carbons (Fsp3) is 0.382. The maximum atomic E-state index is 13.3. The van der Waals surface area contributed by atoms with Gasteiger partial charge in [0.15, 0.2) is 0 Å². The molecule has 8 nitrogen and oxygen atoms in total. The summed E-state index contributed by atoms with van der Waals surface area (Å²) in [4.78, 5) is 40.4. The van der Waals surface area contributed by atoms with Crippen LogP contribution in [0, 0.1) is 5.41 Å². The zero-order valence-corrected chi connectivity index (χ0v) is 24.3. The Hall–Kier alpha value is -4.17. The molecule has 0 atom stereocenters. The molecular weight excluding hydrogens is 530 g/mol. The second-order valence-electron chi connectivity index (χ2n) is 12.0. The first-order valence-corrected chi connectivity index (χ1v) is 14.6. The van der Waals surface area contributed by atoms with Crippen molar-refractivity contribution >= 4 is 18.0 Å². The van der Waals surface area contributed by atoms with Crippen molar-refractivity contribution in [2.45, 2.75) is 51.1 Å². The van der Waals surface area contributed by atoms with Crippen LogP contribution in [0.1, 0.15) is 55.7 Å². The SMILES string of the molecule is CC(C)(CCNC(=O)OCC1c2ccccc2-c2ccccc21)C(=O)NC1(C(=O)O)CCN(Cc2ccccc2)CC1. The van der Waals surface area contributed by atoms with E-state index < -0.39 is 23.0 Å². The highest BCUT2D eigenvalue weighted by Gasteiger charge is 2.45. The number of fused-ring (bicyclic) bond motifs is 3. The Balaban J connectivity index is 1.10. The summed E-state index contributed by atoms with van der Waals surface area (Å²) in [6.45, 7) is 5.87. The van der Waals surface area contributed by atoms with Crippen LogP contribution in [-0.2, 0) is 20.9 Å². The van der Waals surface area contributed by atoms with E-state index in [1.54, 1.807) is 13.8 Å². The van der Waals surface area contributed by atoms with Crippen LogP contribution in [0.2, 0.25) is 0 Å². The van der Waals surface area contributed by atoms with Crippen LogP contribution in [0.5, 0.6) is 0 Å². The van der Waals surface area contributed by atoms with Crippen molar-refractivity contribution in [3.05, 3.63) is 95.6 Å². The van der Waals surface area contributed by atoms with Crippen molar-refractivity contribution in [1.82, 2.24) is 15.5 Å². The average Bonchev–Trinajstić information content (AvgIpc) is 3.31. The summed E-state index contributed by atoms with van der Waals surface area (Å²) in [7, 11) is 0. The molecule has 0 bridgehead atoms. The molecule has 1 saturated heterocycles. The smallest absolute Gasteiger partial charge is 0.407 e. The molecule has 3 aromatic carbocycles. The predicted molar refractivity (Wildman–Crippen MR) is 161 cm³/mol. The number of nitrogens with zero attached hydrogens (tertiary/aromatic N) is 1. The Bertz CT molecular complexity index is 1380. The van der Waals surface area contributed by atoms with Crippen molar-refractivity contribution in [3.8, 4) is 11.1 Å². The van der Waals surface area contributed by atoms with Crippen LogP contribution < -0.4 is 10.6 Å². The predicted octanol–water partition coefficient (Wildman–Crippen LogP) is 5.18. The van der Waals surface area contributed by atoms with E-state index in [1.165, 1.54) is 5.56 Å². The molecule has 3 aromatic rings. The number of carbonyl (C=O) groups is 3. The number of hydrogen-bond acceptors (Lipinski definition) is 5. The van der Waals surface area contributed by atoms with Crippen molar-refractivity contribution in [1.29, 1.82) is 0 Å². The molecule has 220 valence electrons. The number of ether oxygens (including phenoxy) is 1. The molecule has 1 aliphatic carbocycles. The fourth-order valence-electron chi connectivity index (χ4n) is 5.95. The van der Waals surface area contributed by atoms with E-state index in [1.807, 2.05) is 42.5 Å². The van der Waals surface area contributed by atoms with E-state index in [2.05, 4.69) is 51.9 Å². The first-order chi connectivity index (χ1) is 20.2. The highest BCUT2D eigenvalue weighted by molar-refractivity contribution is 5.89. The van der Waals surface area contributed by atoms with Gasteiger partial charge < -0.3 is 20.5 Å². The highest BCUT2D eigenvalue weighted by atomic mass is 16.5. The van der Waals surface area contributed by atoms with Crippen LogP contribution in [-0.4, -0.2) is 59.8 Å². The third kappa shape index (κ3) is 6.34. The average molecular weight is 570 g/mol. The molecular formula is C34H39N3O5. The molecule has 1 aliphatic heterocycles. The van der Waals surface area contributed by atoms with Crippen molar-refractivity contribution in [2.75, 3.05) is 26.2 Å². The number of benzene rings is 3. The summed E-state index contributed by atoms with van der Waals surface area (Å²) in [6, 6.07) is 26.4. The van der Waals surface area contributed by atoms with Gasteiger partial charge in [-0.25, -0.2) is 9.59 Å². The number of likely N-dealkylation sites (tertiary alicyclic amines) is 1. The molecule has 8 heteroatoms. The summed E-state index contributed by atoms with van der Waals surface area (Å²) in [5.74, 6) is -1.38. The van der Waals surface area contributed by atoms with Crippen LogP contribution >= 0.6 is 0 Å². The zero-order valence-electron chi connectivity index (χ0n) is 24.3. The minimum Gasteiger partial charge on any atom is -0.480 e. The van der Waals surface area contributed by atoms with Gasteiger partial charge in [-0.1, -0.05) is 92.7 Å². The van der Waals surface area contributed by atoms with Crippen molar-refractivity contribution < 1.29 is 24.2 Å². The van der Waals surface area contributed by atoms with Crippen molar-refractivity contribution in [3.63, 3.8) is 0 Å². The van der Waals surface area contributed by atoms with Gasteiger partial charge in [-0.2, -0.15) is 0 Å². The van der Waals surface area contributed by atoms with Gasteiger partial charge in [0, 0.05) is 37.5 Å². The second kappa shape index (κ2) is 12.4. The lowest BCUT2D eigenvalue weighted by Gasteiger charge is -2.41. The lowest BCUT2D eigenvalue weighted by atomic mass is 9.83. The minimum absolute atomic E-state index is 0.0308. The lowest BCUT2D eigenvalue weighted by molar-refractivity contribution is -0.151. The van der Waals surface area contributed by atoms with E-state index in [9.17, 15) is 19.5 Å². The van der Waals surface area contributed by atoms with Gasteiger partial charge in [0.1, 0.15) is 12.1 Å². The van der Waals surface area contributed by atoms with Crippen LogP contribution in [0.3, 0.4) is 0 Å². The summed E-state index contributed by atoms with van der Waals surface area (Å²) >= 11 is 0. The maximum absolute atomic E-state index is 13.3. The Kier molecular flexibility index (Phi) is 8.64. The maximum Gasteiger partial charge on any atom is 0.407 e. The molecule has 42 heavy (non-hydrogen) atoms. The molecule has 3 N–H and O–H groups in total. The van der Waals surface area contributed by atoms with E-state index in [0.29, 0.717) is 32.4 Å².